The van der Waals surface area contributed by atoms with Crippen LogP contribution < -0.4 is 4.90 Å². The van der Waals surface area contributed by atoms with Gasteiger partial charge in [0.1, 0.15) is 0 Å². The monoisotopic (exact) mass is 818 g/mol. The van der Waals surface area contributed by atoms with Crippen LogP contribution in [0.4, 0.5) is 5.69 Å². The van der Waals surface area contributed by atoms with Crippen LogP contribution in [0.1, 0.15) is 24.5 Å². The van der Waals surface area contributed by atoms with Gasteiger partial charge < -0.3 is 9.47 Å². The lowest BCUT2D eigenvalue weighted by Gasteiger charge is -2.29. The summed E-state index contributed by atoms with van der Waals surface area (Å²) in [7, 11) is 0. The predicted octanol–water partition coefficient (Wildman–Crippen LogP) is 16.8. The van der Waals surface area contributed by atoms with Crippen LogP contribution in [-0.4, -0.2) is 4.57 Å². The van der Waals surface area contributed by atoms with E-state index in [1.807, 2.05) is 6.08 Å². The van der Waals surface area contributed by atoms with Crippen LogP contribution in [0.3, 0.4) is 0 Å². The summed E-state index contributed by atoms with van der Waals surface area (Å²) in [5.41, 5.74) is 13.6. The fourth-order valence-electron chi connectivity index (χ4n) is 9.64. The Hall–Kier alpha value is -8.20. The van der Waals surface area contributed by atoms with Gasteiger partial charge in [-0.15, -0.1) is 0 Å². The Balaban J connectivity index is 1.08. The summed E-state index contributed by atoms with van der Waals surface area (Å²) in [6, 6.07) is 70.5. The number of anilines is 1. The molecule has 2 heteroatoms. The molecule has 0 saturated carbocycles. The molecule has 0 fully saturated rings. The van der Waals surface area contributed by atoms with Crippen LogP contribution in [0.25, 0.3) is 82.1 Å². The Morgan fingerprint density at radius 3 is 2.05 bits per heavy atom. The number of rotatable bonds is 9. The molecule has 0 amide bonds. The van der Waals surface area contributed by atoms with Crippen molar-refractivity contribution >= 4 is 71.0 Å². The maximum Gasteiger partial charge on any atom is 0.0547 e. The summed E-state index contributed by atoms with van der Waals surface area (Å²) in [4.78, 5) is 2.38. The van der Waals surface area contributed by atoms with Gasteiger partial charge in [-0.25, -0.2) is 0 Å². The fraction of sp³-hybridized carbons (Fsp3) is 0.0323. The molecule has 1 aliphatic rings. The van der Waals surface area contributed by atoms with Crippen molar-refractivity contribution in [1.29, 1.82) is 0 Å². The van der Waals surface area contributed by atoms with E-state index < -0.39 is 0 Å². The third kappa shape index (κ3) is 6.87. The van der Waals surface area contributed by atoms with E-state index in [9.17, 15) is 0 Å². The zero-order chi connectivity index (χ0) is 43.0. The molecule has 0 radical (unpaired) electrons. The van der Waals surface area contributed by atoms with E-state index in [4.69, 9.17) is 0 Å². The molecule has 0 aliphatic heterocycles. The minimum absolute atomic E-state index is 0.847. The molecule has 0 saturated heterocycles. The Labute approximate surface area is 374 Å². The minimum Gasteiger partial charge on any atom is -0.310 e. The number of para-hydroxylation sites is 1. The van der Waals surface area contributed by atoms with Crippen molar-refractivity contribution in [3.05, 3.63) is 266 Å². The molecule has 0 N–H and O–H groups in total. The van der Waals surface area contributed by atoms with Crippen molar-refractivity contribution in [3.8, 4) is 16.8 Å². The van der Waals surface area contributed by atoms with Crippen LogP contribution in [0.15, 0.2) is 255 Å². The first-order valence-electron chi connectivity index (χ1n) is 22.1. The Bertz CT molecular complexity index is 3600. The van der Waals surface area contributed by atoms with Crippen LogP contribution in [0.2, 0.25) is 0 Å². The smallest absolute Gasteiger partial charge is 0.0547 e. The maximum atomic E-state index is 4.45. The highest BCUT2D eigenvalue weighted by atomic mass is 15.2. The van der Waals surface area contributed by atoms with E-state index in [-0.39, 0.29) is 0 Å². The van der Waals surface area contributed by atoms with Crippen LogP contribution >= 0.6 is 0 Å². The van der Waals surface area contributed by atoms with E-state index in [0.717, 1.165) is 40.2 Å². The van der Waals surface area contributed by atoms with Crippen molar-refractivity contribution in [2.45, 2.75) is 13.3 Å². The van der Waals surface area contributed by atoms with E-state index in [2.05, 4.69) is 254 Å². The molecule has 1 aliphatic carbocycles. The minimum atomic E-state index is 0.847. The SMILES string of the molecule is C=C/C(=C\C=C(/C)c1ccc2c(ccc3ccccc32)c1)N(C1=C(c2ccccc2)C=CCC=C1)c1cccc(-c2cccc3c2c2ccccc2n3-c2cccc3ccccc23)c1. The highest BCUT2D eigenvalue weighted by Crippen LogP contribution is 2.42. The highest BCUT2D eigenvalue weighted by molar-refractivity contribution is 6.16. The summed E-state index contributed by atoms with van der Waals surface area (Å²) in [5, 5.41) is 9.95. The molecule has 0 spiro atoms. The fourth-order valence-corrected chi connectivity index (χ4v) is 9.64. The van der Waals surface area contributed by atoms with Crippen LogP contribution in [0, 0.1) is 0 Å². The van der Waals surface area contributed by atoms with Gasteiger partial charge in [0.25, 0.3) is 0 Å². The first-order valence-corrected chi connectivity index (χ1v) is 22.1. The van der Waals surface area contributed by atoms with Gasteiger partial charge in [-0.05, 0) is 123 Å². The summed E-state index contributed by atoms with van der Waals surface area (Å²) >= 11 is 0. The Morgan fingerprint density at radius 2 is 1.19 bits per heavy atom. The standard InChI is InChI=1S/C62H46N2/c1-3-50(39-35-43(2)47-38-40-53-49(41-47)37-36-46-22-10-12-26-52(46)53)63(58-31-9-5-8-27-54(58)44-19-6-4-7-20-44)51-25-16-24-48(42-51)56-30-18-34-61-62(56)57-29-14-15-32-60(57)64(61)59-33-17-23-45-21-11-13-28-55(45)59/h3-4,6-42H,1,5H2,2H3/b43-35+,50-39+. The highest BCUT2D eigenvalue weighted by Gasteiger charge is 2.21. The Morgan fingerprint density at radius 1 is 0.531 bits per heavy atom. The third-order valence-electron chi connectivity index (χ3n) is 12.7. The number of hydrogen-bond donors (Lipinski definition) is 0. The van der Waals surface area contributed by atoms with E-state index >= 15 is 0 Å². The van der Waals surface area contributed by atoms with Crippen LogP contribution in [-0.2, 0) is 0 Å². The molecule has 1 heterocycles. The van der Waals surface area contributed by atoms with E-state index in [1.54, 1.807) is 0 Å². The topological polar surface area (TPSA) is 8.17 Å². The van der Waals surface area contributed by atoms with Crippen molar-refractivity contribution < 1.29 is 0 Å². The van der Waals surface area contributed by atoms with Gasteiger partial charge in [-0.1, -0.05) is 189 Å². The average molecular weight is 819 g/mol. The summed E-state index contributed by atoms with van der Waals surface area (Å²) in [6.07, 6.45) is 16.3. The molecule has 10 aromatic rings. The lowest BCUT2D eigenvalue weighted by molar-refractivity contribution is 1.15. The van der Waals surface area contributed by atoms with Gasteiger partial charge in [-0.2, -0.15) is 0 Å². The summed E-state index contributed by atoms with van der Waals surface area (Å²) in [6.45, 7) is 6.64. The van der Waals surface area contributed by atoms with Gasteiger partial charge in [-0.3, -0.25) is 0 Å². The normalized spacial score (nSPS) is 13.4. The third-order valence-corrected chi connectivity index (χ3v) is 12.7. The molecule has 2 nitrogen and oxygen atoms in total. The number of hydrogen-bond acceptors (Lipinski definition) is 1. The van der Waals surface area contributed by atoms with E-state index in [1.165, 1.54) is 76.5 Å². The van der Waals surface area contributed by atoms with Crippen molar-refractivity contribution in [2.24, 2.45) is 0 Å². The molecule has 304 valence electrons. The Kier molecular flexibility index (Phi) is 10.0. The van der Waals surface area contributed by atoms with Gasteiger partial charge in [0.15, 0.2) is 0 Å². The van der Waals surface area contributed by atoms with E-state index in [0.29, 0.717) is 0 Å². The van der Waals surface area contributed by atoms with Gasteiger partial charge in [0.05, 0.1) is 22.4 Å². The molecule has 0 atom stereocenters. The molecule has 11 rings (SSSR count). The summed E-state index contributed by atoms with van der Waals surface area (Å²) in [5.74, 6) is 0. The predicted molar refractivity (Wildman–Crippen MR) is 276 cm³/mol. The molecule has 0 unspecified atom stereocenters. The quantitative estimate of drug-likeness (QED) is 0.104. The zero-order valence-corrected chi connectivity index (χ0v) is 35.8. The average Bonchev–Trinajstić information content (AvgIpc) is 3.50. The summed E-state index contributed by atoms with van der Waals surface area (Å²) < 4.78 is 2.44. The van der Waals surface area contributed by atoms with Gasteiger partial charge in [0.2, 0.25) is 0 Å². The molecule has 64 heavy (non-hydrogen) atoms. The zero-order valence-electron chi connectivity index (χ0n) is 35.8. The largest absolute Gasteiger partial charge is 0.310 e. The number of fused-ring (bicyclic) bond motifs is 7. The van der Waals surface area contributed by atoms with Crippen molar-refractivity contribution in [1.82, 2.24) is 4.57 Å². The molecule has 1 aromatic heterocycles. The number of nitrogens with zero attached hydrogens (tertiary/aromatic N) is 2. The lowest BCUT2D eigenvalue weighted by atomic mass is 9.97. The second-order valence-corrected chi connectivity index (χ2v) is 16.5. The molecule has 0 bridgehead atoms. The van der Waals surface area contributed by atoms with Crippen LogP contribution in [0.5, 0.6) is 0 Å². The molecular weight excluding hydrogens is 773 g/mol. The van der Waals surface area contributed by atoms with Crippen molar-refractivity contribution in [3.63, 3.8) is 0 Å². The molecular formula is C62H46N2. The second kappa shape index (κ2) is 16.6. The number of benzene rings is 9. The number of aromatic nitrogens is 1. The van der Waals surface area contributed by atoms with Gasteiger partial charge in [0, 0.05) is 33.1 Å². The second-order valence-electron chi connectivity index (χ2n) is 16.5. The molecule has 9 aromatic carbocycles. The maximum absolute atomic E-state index is 4.45. The lowest BCUT2D eigenvalue weighted by Crippen LogP contribution is -2.21. The first-order chi connectivity index (χ1) is 31.6. The van der Waals surface area contributed by atoms with Crippen molar-refractivity contribution in [2.75, 3.05) is 4.90 Å². The first kappa shape index (κ1) is 38.7. The number of allylic oxidation sites excluding steroid dienone is 9. The van der Waals surface area contributed by atoms with Gasteiger partial charge >= 0.3 is 0 Å².